The van der Waals surface area contributed by atoms with Crippen molar-refractivity contribution in [3.8, 4) is 5.75 Å². The Morgan fingerprint density at radius 2 is 2.20 bits per heavy atom. The molecule has 0 saturated heterocycles. The molecule has 0 saturated carbocycles. The third-order valence-electron chi connectivity index (χ3n) is 2.53. The highest BCUT2D eigenvalue weighted by molar-refractivity contribution is 7.98. The Hall–Kier alpha value is -0.670. The molecule has 0 bridgehead atoms. The normalized spacial score (nSPS) is 12.5. The number of nitrogens with one attached hydrogen (secondary N) is 1. The monoisotopic (exact) mass is 225 g/mol. The van der Waals surface area contributed by atoms with E-state index in [2.05, 4.69) is 30.6 Å². The lowest BCUT2D eigenvalue weighted by Crippen LogP contribution is -2.19. The first-order chi connectivity index (χ1) is 7.22. The average Bonchev–Trinajstić information content (AvgIpc) is 2.26. The first-order valence-electron chi connectivity index (χ1n) is 5.03. The zero-order chi connectivity index (χ0) is 11.3. The summed E-state index contributed by atoms with van der Waals surface area (Å²) in [5, 5.41) is 3.34. The summed E-state index contributed by atoms with van der Waals surface area (Å²) >= 11 is 1.85. The minimum Gasteiger partial charge on any atom is -0.497 e. The lowest BCUT2D eigenvalue weighted by molar-refractivity contribution is 0.414. The van der Waals surface area contributed by atoms with Crippen LogP contribution < -0.4 is 10.1 Å². The molecule has 0 amide bonds. The number of methoxy groups -OCH3 is 1. The molecule has 15 heavy (non-hydrogen) atoms. The fourth-order valence-electron chi connectivity index (χ4n) is 1.66. The van der Waals surface area contributed by atoms with Crippen molar-refractivity contribution in [2.45, 2.75) is 13.0 Å². The van der Waals surface area contributed by atoms with Gasteiger partial charge >= 0.3 is 0 Å². The number of aryl methyl sites for hydroxylation is 1. The molecule has 1 unspecified atom stereocenters. The minimum atomic E-state index is 0.422. The van der Waals surface area contributed by atoms with Gasteiger partial charge in [0.2, 0.25) is 0 Å². The zero-order valence-corrected chi connectivity index (χ0v) is 10.6. The number of ether oxygens (including phenoxy) is 1. The molecule has 0 spiro atoms. The van der Waals surface area contributed by atoms with Gasteiger partial charge in [0.05, 0.1) is 7.11 Å². The van der Waals surface area contributed by atoms with E-state index < -0.39 is 0 Å². The topological polar surface area (TPSA) is 21.3 Å². The van der Waals surface area contributed by atoms with Gasteiger partial charge in [0.1, 0.15) is 5.75 Å². The van der Waals surface area contributed by atoms with Gasteiger partial charge in [0, 0.05) is 11.8 Å². The van der Waals surface area contributed by atoms with Gasteiger partial charge < -0.3 is 10.1 Å². The van der Waals surface area contributed by atoms with E-state index in [9.17, 15) is 0 Å². The van der Waals surface area contributed by atoms with Crippen LogP contribution in [0.15, 0.2) is 18.2 Å². The van der Waals surface area contributed by atoms with Gasteiger partial charge in [-0.25, -0.2) is 0 Å². The minimum absolute atomic E-state index is 0.422. The largest absolute Gasteiger partial charge is 0.497 e. The molecule has 1 aromatic rings. The Balaban J connectivity index is 2.92. The van der Waals surface area contributed by atoms with Gasteiger partial charge in [-0.05, 0) is 43.5 Å². The molecular weight excluding hydrogens is 206 g/mol. The summed E-state index contributed by atoms with van der Waals surface area (Å²) in [7, 11) is 3.70. The van der Waals surface area contributed by atoms with E-state index in [1.807, 2.05) is 24.9 Å². The number of rotatable bonds is 5. The highest BCUT2D eigenvalue weighted by Crippen LogP contribution is 2.24. The van der Waals surface area contributed by atoms with Gasteiger partial charge in [-0.2, -0.15) is 11.8 Å². The van der Waals surface area contributed by atoms with Gasteiger partial charge in [-0.15, -0.1) is 0 Å². The van der Waals surface area contributed by atoms with Crippen LogP contribution in [0.4, 0.5) is 0 Å². The fraction of sp³-hybridized carbons (Fsp3) is 0.500. The number of hydrogen-bond donors (Lipinski definition) is 1. The van der Waals surface area contributed by atoms with E-state index >= 15 is 0 Å². The van der Waals surface area contributed by atoms with Crippen LogP contribution in [0, 0.1) is 6.92 Å². The summed E-state index contributed by atoms with van der Waals surface area (Å²) in [6.45, 7) is 2.13. The molecular formula is C12H19NOS. The van der Waals surface area contributed by atoms with Crippen LogP contribution in [-0.4, -0.2) is 26.2 Å². The van der Waals surface area contributed by atoms with Crippen molar-refractivity contribution in [1.82, 2.24) is 5.32 Å². The first kappa shape index (κ1) is 12.4. The maximum atomic E-state index is 5.20. The van der Waals surface area contributed by atoms with Crippen molar-refractivity contribution in [1.29, 1.82) is 0 Å². The van der Waals surface area contributed by atoms with Crippen molar-refractivity contribution in [3.63, 3.8) is 0 Å². The fourth-order valence-corrected chi connectivity index (χ4v) is 2.34. The van der Waals surface area contributed by atoms with E-state index in [4.69, 9.17) is 4.74 Å². The molecule has 1 N–H and O–H groups in total. The van der Waals surface area contributed by atoms with Crippen LogP contribution in [0.3, 0.4) is 0 Å². The van der Waals surface area contributed by atoms with Crippen molar-refractivity contribution in [3.05, 3.63) is 29.3 Å². The first-order valence-corrected chi connectivity index (χ1v) is 6.43. The molecule has 0 heterocycles. The van der Waals surface area contributed by atoms with Crippen LogP contribution in [0.25, 0.3) is 0 Å². The summed E-state index contributed by atoms with van der Waals surface area (Å²) < 4.78 is 5.20. The zero-order valence-electron chi connectivity index (χ0n) is 9.83. The van der Waals surface area contributed by atoms with Gasteiger partial charge in [-0.1, -0.05) is 6.07 Å². The van der Waals surface area contributed by atoms with E-state index in [-0.39, 0.29) is 0 Å². The molecule has 1 rings (SSSR count). The number of benzene rings is 1. The lowest BCUT2D eigenvalue weighted by Gasteiger charge is -2.18. The van der Waals surface area contributed by atoms with Crippen molar-refractivity contribution in [2.24, 2.45) is 0 Å². The third-order valence-corrected chi connectivity index (χ3v) is 3.20. The number of thioether (sulfide) groups is 1. The Labute approximate surface area is 96.4 Å². The van der Waals surface area contributed by atoms with Crippen LogP contribution in [-0.2, 0) is 0 Å². The lowest BCUT2D eigenvalue weighted by atomic mass is 10.0. The Morgan fingerprint density at radius 3 is 2.67 bits per heavy atom. The predicted molar refractivity (Wildman–Crippen MR) is 67.9 cm³/mol. The maximum absolute atomic E-state index is 5.20. The molecule has 0 aromatic heterocycles. The van der Waals surface area contributed by atoms with Crippen molar-refractivity contribution in [2.75, 3.05) is 26.2 Å². The van der Waals surface area contributed by atoms with E-state index in [0.717, 1.165) is 11.5 Å². The van der Waals surface area contributed by atoms with Crippen LogP contribution in [0.1, 0.15) is 17.2 Å². The van der Waals surface area contributed by atoms with Crippen LogP contribution in [0.5, 0.6) is 5.75 Å². The van der Waals surface area contributed by atoms with Gasteiger partial charge in [0.25, 0.3) is 0 Å². The second kappa shape index (κ2) is 6.03. The Morgan fingerprint density at radius 1 is 1.47 bits per heavy atom. The SMILES string of the molecule is CNC(CSC)c1ccc(OC)cc1C. The smallest absolute Gasteiger partial charge is 0.119 e. The summed E-state index contributed by atoms with van der Waals surface area (Å²) in [6.07, 6.45) is 2.13. The van der Waals surface area contributed by atoms with E-state index in [1.165, 1.54) is 11.1 Å². The summed E-state index contributed by atoms with van der Waals surface area (Å²) in [6, 6.07) is 6.67. The van der Waals surface area contributed by atoms with Gasteiger partial charge in [-0.3, -0.25) is 0 Å². The summed E-state index contributed by atoms with van der Waals surface area (Å²) in [5.74, 6) is 2.01. The third kappa shape index (κ3) is 3.14. The molecule has 0 radical (unpaired) electrons. The second-order valence-electron chi connectivity index (χ2n) is 3.52. The number of hydrogen-bond acceptors (Lipinski definition) is 3. The Kier molecular flexibility index (Phi) is 4.99. The molecule has 0 aliphatic rings. The molecule has 3 heteroatoms. The highest BCUT2D eigenvalue weighted by Gasteiger charge is 2.11. The van der Waals surface area contributed by atoms with E-state index in [1.54, 1.807) is 7.11 Å². The highest BCUT2D eigenvalue weighted by atomic mass is 32.2. The van der Waals surface area contributed by atoms with Gasteiger partial charge in [0.15, 0.2) is 0 Å². The molecule has 0 aliphatic heterocycles. The standard InChI is InChI=1S/C12H19NOS/c1-9-7-10(14-3)5-6-11(9)12(13-2)8-15-4/h5-7,12-13H,8H2,1-4H3. The molecule has 84 valence electrons. The average molecular weight is 225 g/mol. The summed E-state index contributed by atoms with van der Waals surface area (Å²) in [5.41, 5.74) is 2.63. The van der Waals surface area contributed by atoms with Crippen molar-refractivity contribution < 1.29 is 4.74 Å². The molecule has 2 nitrogen and oxygen atoms in total. The second-order valence-corrected chi connectivity index (χ2v) is 4.43. The van der Waals surface area contributed by atoms with Crippen LogP contribution >= 0.6 is 11.8 Å². The molecule has 0 fully saturated rings. The molecule has 1 aromatic carbocycles. The summed E-state index contributed by atoms with van der Waals surface area (Å²) in [4.78, 5) is 0. The van der Waals surface area contributed by atoms with Crippen LogP contribution in [0.2, 0.25) is 0 Å². The van der Waals surface area contributed by atoms with E-state index in [0.29, 0.717) is 6.04 Å². The molecule has 1 atom stereocenters. The Bertz CT molecular complexity index is 314. The molecule has 0 aliphatic carbocycles. The predicted octanol–water partition coefficient (Wildman–Crippen LogP) is 2.63. The van der Waals surface area contributed by atoms with Crippen molar-refractivity contribution >= 4 is 11.8 Å². The quantitative estimate of drug-likeness (QED) is 0.832. The maximum Gasteiger partial charge on any atom is 0.119 e.